The highest BCUT2D eigenvalue weighted by atomic mass is 19.1. The molecule has 1 saturated heterocycles. The van der Waals surface area contributed by atoms with E-state index in [1.54, 1.807) is 0 Å². The molecule has 6 nitrogen and oxygen atoms in total. The van der Waals surface area contributed by atoms with Crippen LogP contribution in [0.2, 0.25) is 0 Å². The van der Waals surface area contributed by atoms with E-state index >= 15 is 0 Å². The third-order valence-electron chi connectivity index (χ3n) is 6.35. The van der Waals surface area contributed by atoms with Crippen molar-refractivity contribution in [3.63, 3.8) is 0 Å². The molecule has 2 aromatic carbocycles. The second-order valence-electron chi connectivity index (χ2n) is 8.80. The molecular weight excluding hydrogens is 415 g/mol. The van der Waals surface area contributed by atoms with E-state index < -0.39 is 0 Å². The molecule has 0 saturated carbocycles. The van der Waals surface area contributed by atoms with Crippen LogP contribution in [0.1, 0.15) is 17.0 Å². The lowest BCUT2D eigenvalue weighted by Gasteiger charge is -2.34. The fourth-order valence-corrected chi connectivity index (χ4v) is 4.30. The lowest BCUT2D eigenvalue weighted by atomic mass is 10.1. The summed E-state index contributed by atoms with van der Waals surface area (Å²) in [6, 6.07) is 15.0. The van der Waals surface area contributed by atoms with Crippen LogP contribution < -0.4 is 0 Å². The quantitative estimate of drug-likeness (QED) is 0.450. The van der Waals surface area contributed by atoms with Crippen molar-refractivity contribution in [1.82, 2.24) is 29.1 Å². The van der Waals surface area contributed by atoms with Crippen LogP contribution in [-0.2, 0) is 20.1 Å². The van der Waals surface area contributed by atoms with Crippen LogP contribution in [0.4, 0.5) is 4.39 Å². The van der Waals surface area contributed by atoms with Crippen LogP contribution in [-0.4, -0.2) is 55.3 Å². The Morgan fingerprint density at radius 3 is 2.18 bits per heavy atom. The van der Waals surface area contributed by atoms with Gasteiger partial charge in [-0.25, -0.2) is 14.1 Å². The molecule has 0 aliphatic carbocycles. The van der Waals surface area contributed by atoms with Gasteiger partial charge in [-0.1, -0.05) is 17.7 Å². The normalized spacial score (nSPS) is 15.2. The summed E-state index contributed by atoms with van der Waals surface area (Å²) < 4.78 is 17.6. The van der Waals surface area contributed by atoms with E-state index in [0.29, 0.717) is 0 Å². The first-order valence-corrected chi connectivity index (χ1v) is 11.4. The maximum atomic E-state index is 13.5. The number of halogens is 1. The summed E-state index contributed by atoms with van der Waals surface area (Å²) in [6.07, 6.45) is 5.96. The van der Waals surface area contributed by atoms with Gasteiger partial charge < -0.3 is 4.57 Å². The van der Waals surface area contributed by atoms with E-state index in [9.17, 15) is 4.39 Å². The molecule has 7 heteroatoms. The lowest BCUT2D eigenvalue weighted by molar-refractivity contribution is 0.119. The highest BCUT2D eigenvalue weighted by molar-refractivity contribution is 5.63. The van der Waals surface area contributed by atoms with Gasteiger partial charge in [0.2, 0.25) is 0 Å². The molecule has 170 valence electrons. The molecule has 0 N–H and O–H groups in total. The van der Waals surface area contributed by atoms with E-state index in [0.717, 1.165) is 67.6 Å². The molecule has 1 aliphatic heterocycles. The van der Waals surface area contributed by atoms with Crippen molar-refractivity contribution in [2.75, 3.05) is 26.2 Å². The zero-order valence-corrected chi connectivity index (χ0v) is 19.2. The highest BCUT2D eigenvalue weighted by Gasteiger charge is 2.21. The zero-order chi connectivity index (χ0) is 22.8. The second kappa shape index (κ2) is 9.29. The highest BCUT2D eigenvalue weighted by Crippen LogP contribution is 2.26. The van der Waals surface area contributed by atoms with Gasteiger partial charge in [0, 0.05) is 69.5 Å². The smallest absolute Gasteiger partial charge is 0.123 e. The van der Waals surface area contributed by atoms with Crippen LogP contribution in [0.5, 0.6) is 0 Å². The van der Waals surface area contributed by atoms with Crippen molar-refractivity contribution < 1.29 is 4.39 Å². The van der Waals surface area contributed by atoms with Gasteiger partial charge in [0.1, 0.15) is 11.6 Å². The zero-order valence-electron chi connectivity index (χ0n) is 19.2. The van der Waals surface area contributed by atoms with E-state index in [4.69, 9.17) is 5.10 Å². The predicted octanol–water partition coefficient (Wildman–Crippen LogP) is 4.04. The van der Waals surface area contributed by atoms with Gasteiger partial charge in [-0.05, 0) is 43.3 Å². The van der Waals surface area contributed by atoms with E-state index in [1.807, 2.05) is 36.3 Å². The molecule has 3 heterocycles. The average Bonchev–Trinajstić information content (AvgIpc) is 3.42. The number of aromatic nitrogens is 4. The number of hydrogen-bond donors (Lipinski definition) is 0. The first-order valence-electron chi connectivity index (χ1n) is 11.4. The van der Waals surface area contributed by atoms with Crippen LogP contribution in [0.25, 0.3) is 16.9 Å². The Morgan fingerprint density at radius 1 is 0.879 bits per heavy atom. The third kappa shape index (κ3) is 4.89. The number of piperazine rings is 1. The van der Waals surface area contributed by atoms with Crippen molar-refractivity contribution in [2.45, 2.75) is 20.0 Å². The molecule has 0 unspecified atom stereocenters. The Bertz CT molecular complexity index is 1200. The van der Waals surface area contributed by atoms with Crippen molar-refractivity contribution >= 4 is 0 Å². The van der Waals surface area contributed by atoms with Gasteiger partial charge in [-0.2, -0.15) is 5.10 Å². The molecule has 0 bridgehead atoms. The first kappa shape index (κ1) is 21.6. The largest absolute Gasteiger partial charge is 0.337 e. The average molecular weight is 445 g/mol. The molecule has 0 radical (unpaired) electrons. The maximum Gasteiger partial charge on any atom is 0.123 e. The molecule has 0 spiro atoms. The summed E-state index contributed by atoms with van der Waals surface area (Å²) in [5.74, 6) is 0.864. The third-order valence-corrected chi connectivity index (χ3v) is 6.35. The number of hydrogen-bond acceptors (Lipinski definition) is 4. The minimum absolute atomic E-state index is 0.234. The standard InChI is InChI=1S/C26H29FN6/c1-20-3-9-24(10-4-20)33-18-22(26(29-33)21-5-7-23(27)8-6-21)17-31-13-15-32(16-14-31)19-25-28-11-12-30(25)2/h3-12,18H,13-17,19H2,1-2H3. The Balaban J connectivity index is 1.34. The van der Waals surface area contributed by atoms with E-state index in [2.05, 4.69) is 56.7 Å². The SMILES string of the molecule is Cc1ccc(-n2cc(CN3CCN(Cc4nccn4C)CC3)c(-c3ccc(F)cc3)n2)cc1. The Morgan fingerprint density at radius 2 is 1.55 bits per heavy atom. The molecule has 1 aliphatic rings. The molecule has 0 amide bonds. The molecule has 33 heavy (non-hydrogen) atoms. The molecule has 5 rings (SSSR count). The van der Waals surface area contributed by atoms with E-state index in [1.165, 1.54) is 17.7 Å². The van der Waals surface area contributed by atoms with Crippen molar-refractivity contribution in [3.05, 3.63) is 89.9 Å². The molecule has 4 aromatic rings. The Kier molecular flexibility index (Phi) is 6.07. The molecule has 2 aromatic heterocycles. The van der Waals surface area contributed by atoms with Crippen LogP contribution in [0.15, 0.2) is 67.1 Å². The monoisotopic (exact) mass is 444 g/mol. The predicted molar refractivity (Wildman–Crippen MR) is 127 cm³/mol. The number of imidazole rings is 1. The van der Waals surface area contributed by atoms with Crippen molar-refractivity contribution in [3.8, 4) is 16.9 Å². The topological polar surface area (TPSA) is 42.1 Å². The van der Waals surface area contributed by atoms with Crippen molar-refractivity contribution in [2.24, 2.45) is 7.05 Å². The summed E-state index contributed by atoms with van der Waals surface area (Å²) in [4.78, 5) is 9.38. The molecule has 1 fully saturated rings. The van der Waals surface area contributed by atoms with Gasteiger partial charge in [-0.3, -0.25) is 9.80 Å². The lowest BCUT2D eigenvalue weighted by Crippen LogP contribution is -2.45. The summed E-state index contributed by atoms with van der Waals surface area (Å²) >= 11 is 0. The molecular formula is C26H29FN6. The Hall–Kier alpha value is -3.29. The second-order valence-corrected chi connectivity index (χ2v) is 8.80. The summed E-state index contributed by atoms with van der Waals surface area (Å²) in [5, 5.41) is 4.90. The summed E-state index contributed by atoms with van der Waals surface area (Å²) in [7, 11) is 2.04. The molecule has 0 atom stereocenters. The van der Waals surface area contributed by atoms with E-state index in [-0.39, 0.29) is 5.82 Å². The minimum Gasteiger partial charge on any atom is -0.337 e. The maximum absolute atomic E-state index is 13.5. The minimum atomic E-state index is -0.234. The Labute approximate surface area is 193 Å². The van der Waals surface area contributed by atoms with Gasteiger partial charge in [0.15, 0.2) is 0 Å². The van der Waals surface area contributed by atoms with Gasteiger partial charge in [0.25, 0.3) is 0 Å². The van der Waals surface area contributed by atoms with Gasteiger partial charge in [-0.15, -0.1) is 0 Å². The number of rotatable bonds is 6. The fourth-order valence-electron chi connectivity index (χ4n) is 4.30. The summed E-state index contributed by atoms with van der Waals surface area (Å²) in [6.45, 7) is 7.76. The van der Waals surface area contributed by atoms with Crippen LogP contribution >= 0.6 is 0 Å². The van der Waals surface area contributed by atoms with Gasteiger partial charge >= 0.3 is 0 Å². The fraction of sp³-hybridized carbons (Fsp3) is 0.308. The number of nitrogens with zero attached hydrogens (tertiary/aromatic N) is 6. The summed E-state index contributed by atoms with van der Waals surface area (Å²) in [5.41, 5.74) is 5.24. The number of aryl methyl sites for hydroxylation is 2. The van der Waals surface area contributed by atoms with Gasteiger partial charge in [0.05, 0.1) is 17.9 Å². The van der Waals surface area contributed by atoms with Crippen LogP contribution in [0, 0.1) is 12.7 Å². The van der Waals surface area contributed by atoms with Crippen molar-refractivity contribution in [1.29, 1.82) is 0 Å². The van der Waals surface area contributed by atoms with Crippen LogP contribution in [0.3, 0.4) is 0 Å². The number of benzene rings is 2. The first-order chi connectivity index (χ1) is 16.0.